The van der Waals surface area contributed by atoms with E-state index in [0.29, 0.717) is 31.9 Å². The molecule has 1 aromatic carbocycles. The first kappa shape index (κ1) is 16.1. The molecule has 1 aliphatic rings. The Morgan fingerprint density at radius 2 is 1.62 bits per heavy atom. The average molecular weight is 327 g/mol. The molecule has 2 amide bonds. The third kappa shape index (κ3) is 3.59. The third-order valence-electron chi connectivity index (χ3n) is 4.19. The Morgan fingerprint density at radius 3 is 2.25 bits per heavy atom. The van der Waals surface area contributed by atoms with Gasteiger partial charge in [-0.3, -0.25) is 4.79 Å². The normalized spacial score (nSPS) is 14.5. The molecule has 3 rings (SSSR count). The van der Waals surface area contributed by atoms with E-state index >= 15 is 0 Å². The number of ether oxygens (including phenoxy) is 1. The number of carbonyl (C=O) groups is 2. The molecule has 1 saturated heterocycles. The molecule has 1 aliphatic heterocycles. The maximum absolute atomic E-state index is 12.4. The van der Waals surface area contributed by atoms with Crippen molar-refractivity contribution >= 4 is 12.0 Å². The largest absolute Gasteiger partial charge is 0.445 e. The maximum Gasteiger partial charge on any atom is 0.410 e. The van der Waals surface area contributed by atoms with E-state index in [9.17, 15) is 9.59 Å². The first-order valence-electron chi connectivity index (χ1n) is 8.01. The van der Waals surface area contributed by atoms with Crippen molar-refractivity contribution in [2.45, 2.75) is 6.61 Å². The molecule has 126 valence electrons. The standard InChI is InChI=1S/C18H21N3O3/c1-19-9-5-8-16(19)17(22)20-10-12-21(13-11-20)18(23)24-14-15-6-3-2-4-7-15/h2-9H,10-14H2,1H3. The first-order valence-corrected chi connectivity index (χ1v) is 8.01. The number of carbonyl (C=O) groups excluding carboxylic acids is 2. The molecule has 6 nitrogen and oxygen atoms in total. The Kier molecular flexibility index (Phi) is 4.84. The van der Waals surface area contributed by atoms with Gasteiger partial charge >= 0.3 is 6.09 Å². The lowest BCUT2D eigenvalue weighted by Crippen LogP contribution is -2.51. The van der Waals surface area contributed by atoms with Crippen LogP contribution in [-0.4, -0.2) is 52.5 Å². The minimum atomic E-state index is -0.329. The van der Waals surface area contributed by atoms with E-state index in [2.05, 4.69) is 0 Å². The predicted octanol–water partition coefficient (Wildman–Crippen LogP) is 2.12. The highest BCUT2D eigenvalue weighted by Gasteiger charge is 2.26. The highest BCUT2D eigenvalue weighted by Crippen LogP contribution is 2.11. The Labute approximate surface area is 141 Å². The number of piperazine rings is 1. The summed E-state index contributed by atoms with van der Waals surface area (Å²) in [6.07, 6.45) is 1.52. The molecular weight excluding hydrogens is 306 g/mol. The Morgan fingerprint density at radius 1 is 0.958 bits per heavy atom. The van der Waals surface area contributed by atoms with Gasteiger partial charge in [-0.2, -0.15) is 0 Å². The van der Waals surface area contributed by atoms with Gasteiger partial charge in [0.1, 0.15) is 12.3 Å². The monoisotopic (exact) mass is 327 g/mol. The van der Waals surface area contributed by atoms with Crippen LogP contribution in [0.5, 0.6) is 0 Å². The average Bonchev–Trinajstić information content (AvgIpc) is 3.06. The summed E-state index contributed by atoms with van der Waals surface area (Å²) in [5.41, 5.74) is 1.62. The number of amides is 2. The summed E-state index contributed by atoms with van der Waals surface area (Å²) in [5.74, 6) is -0.000182. The van der Waals surface area contributed by atoms with Crippen LogP contribution in [0.15, 0.2) is 48.7 Å². The molecule has 0 N–H and O–H groups in total. The molecule has 0 aliphatic carbocycles. The van der Waals surface area contributed by atoms with Crippen LogP contribution in [0.25, 0.3) is 0 Å². The lowest BCUT2D eigenvalue weighted by Gasteiger charge is -2.34. The van der Waals surface area contributed by atoms with E-state index in [1.165, 1.54) is 0 Å². The second-order valence-electron chi connectivity index (χ2n) is 5.82. The summed E-state index contributed by atoms with van der Waals surface area (Å²) in [4.78, 5) is 28.0. The van der Waals surface area contributed by atoms with E-state index < -0.39 is 0 Å². The molecule has 6 heteroatoms. The second-order valence-corrected chi connectivity index (χ2v) is 5.82. The maximum atomic E-state index is 12.4. The summed E-state index contributed by atoms with van der Waals surface area (Å²) in [7, 11) is 1.85. The van der Waals surface area contributed by atoms with Crippen LogP contribution in [0.2, 0.25) is 0 Å². The van der Waals surface area contributed by atoms with Gasteiger partial charge < -0.3 is 19.1 Å². The Balaban J connectivity index is 1.49. The van der Waals surface area contributed by atoms with Gasteiger partial charge in [0.2, 0.25) is 0 Å². The molecule has 0 spiro atoms. The molecule has 0 atom stereocenters. The van der Waals surface area contributed by atoms with Gasteiger partial charge in [0.05, 0.1) is 0 Å². The van der Waals surface area contributed by atoms with Crippen molar-refractivity contribution in [3.8, 4) is 0 Å². The fraction of sp³-hybridized carbons (Fsp3) is 0.333. The smallest absolute Gasteiger partial charge is 0.410 e. The van der Waals surface area contributed by atoms with Gasteiger partial charge in [0.25, 0.3) is 5.91 Å². The summed E-state index contributed by atoms with van der Waals surface area (Å²) >= 11 is 0. The fourth-order valence-electron chi connectivity index (χ4n) is 2.75. The van der Waals surface area contributed by atoms with E-state index in [1.807, 2.05) is 60.3 Å². The molecular formula is C18H21N3O3. The number of aromatic nitrogens is 1. The fourth-order valence-corrected chi connectivity index (χ4v) is 2.75. The molecule has 1 aromatic heterocycles. The van der Waals surface area contributed by atoms with Crippen molar-refractivity contribution in [3.63, 3.8) is 0 Å². The van der Waals surface area contributed by atoms with E-state index in [-0.39, 0.29) is 18.6 Å². The molecule has 0 unspecified atom stereocenters. The van der Waals surface area contributed by atoms with Crippen LogP contribution in [0.4, 0.5) is 4.79 Å². The van der Waals surface area contributed by atoms with Gasteiger partial charge in [0.15, 0.2) is 0 Å². The first-order chi connectivity index (χ1) is 11.6. The molecule has 2 heterocycles. The van der Waals surface area contributed by atoms with Crippen LogP contribution in [0.3, 0.4) is 0 Å². The summed E-state index contributed by atoms with van der Waals surface area (Å²) in [5, 5.41) is 0. The number of hydrogen-bond acceptors (Lipinski definition) is 3. The Hall–Kier alpha value is -2.76. The van der Waals surface area contributed by atoms with E-state index in [1.54, 1.807) is 9.80 Å². The van der Waals surface area contributed by atoms with Crippen molar-refractivity contribution in [3.05, 3.63) is 59.9 Å². The SMILES string of the molecule is Cn1cccc1C(=O)N1CCN(C(=O)OCc2ccccc2)CC1. The molecule has 2 aromatic rings. The van der Waals surface area contributed by atoms with Crippen molar-refractivity contribution in [2.75, 3.05) is 26.2 Å². The highest BCUT2D eigenvalue weighted by molar-refractivity contribution is 5.92. The number of hydrogen-bond donors (Lipinski definition) is 0. The number of rotatable bonds is 3. The summed E-state index contributed by atoms with van der Waals surface area (Å²) < 4.78 is 7.14. The zero-order valence-corrected chi connectivity index (χ0v) is 13.7. The van der Waals surface area contributed by atoms with Gasteiger partial charge in [-0.15, -0.1) is 0 Å². The number of nitrogens with zero attached hydrogens (tertiary/aromatic N) is 3. The zero-order valence-electron chi connectivity index (χ0n) is 13.7. The van der Waals surface area contributed by atoms with Crippen molar-refractivity contribution in [1.82, 2.24) is 14.4 Å². The summed E-state index contributed by atoms with van der Waals surface area (Å²) in [6, 6.07) is 13.3. The van der Waals surface area contributed by atoms with Crippen molar-refractivity contribution < 1.29 is 14.3 Å². The van der Waals surface area contributed by atoms with Crippen LogP contribution < -0.4 is 0 Å². The molecule has 0 saturated carbocycles. The van der Waals surface area contributed by atoms with E-state index in [0.717, 1.165) is 5.56 Å². The minimum Gasteiger partial charge on any atom is -0.445 e. The minimum absolute atomic E-state index is 0.000182. The van der Waals surface area contributed by atoms with Crippen LogP contribution >= 0.6 is 0 Å². The van der Waals surface area contributed by atoms with Gasteiger partial charge in [-0.1, -0.05) is 30.3 Å². The van der Waals surface area contributed by atoms with Crippen molar-refractivity contribution in [2.24, 2.45) is 7.05 Å². The topological polar surface area (TPSA) is 54.8 Å². The summed E-state index contributed by atoms with van der Waals surface area (Å²) in [6.45, 7) is 2.28. The van der Waals surface area contributed by atoms with Crippen molar-refractivity contribution in [1.29, 1.82) is 0 Å². The highest BCUT2D eigenvalue weighted by atomic mass is 16.6. The van der Waals surface area contributed by atoms with Gasteiger partial charge in [-0.05, 0) is 17.7 Å². The second kappa shape index (κ2) is 7.21. The number of benzene rings is 1. The van der Waals surface area contributed by atoms with Gasteiger partial charge in [0, 0.05) is 39.4 Å². The quantitative estimate of drug-likeness (QED) is 0.868. The van der Waals surface area contributed by atoms with Crippen LogP contribution in [0.1, 0.15) is 16.1 Å². The van der Waals surface area contributed by atoms with Gasteiger partial charge in [-0.25, -0.2) is 4.79 Å². The molecule has 0 bridgehead atoms. The lowest BCUT2D eigenvalue weighted by molar-refractivity contribution is 0.0537. The number of aryl methyl sites for hydroxylation is 1. The molecule has 24 heavy (non-hydrogen) atoms. The lowest BCUT2D eigenvalue weighted by atomic mass is 10.2. The molecule has 1 fully saturated rings. The molecule has 0 radical (unpaired) electrons. The van der Waals surface area contributed by atoms with Crippen LogP contribution in [-0.2, 0) is 18.4 Å². The Bertz CT molecular complexity index is 703. The predicted molar refractivity (Wildman–Crippen MR) is 89.5 cm³/mol. The van der Waals surface area contributed by atoms with E-state index in [4.69, 9.17) is 4.74 Å². The van der Waals surface area contributed by atoms with Crippen LogP contribution in [0, 0.1) is 0 Å². The zero-order chi connectivity index (χ0) is 16.9. The third-order valence-corrected chi connectivity index (χ3v) is 4.19.